The molecule has 0 radical (unpaired) electrons. The van der Waals surface area contributed by atoms with Gasteiger partial charge in [0.25, 0.3) is 5.69 Å². The number of nitrogens with zero attached hydrogens (tertiary/aromatic N) is 1. The van der Waals surface area contributed by atoms with E-state index in [0.29, 0.717) is 0 Å². The zero-order valence-corrected chi connectivity index (χ0v) is 9.14. The third-order valence-electron chi connectivity index (χ3n) is 2.10. The second kappa shape index (κ2) is 4.99. The maximum Gasteiger partial charge on any atom is 0.293 e. The predicted octanol–water partition coefficient (Wildman–Crippen LogP) is 1.13. The Hall–Kier alpha value is -2.55. The number of hydrogen-bond donors (Lipinski definition) is 2. The van der Waals surface area contributed by atoms with Crippen LogP contribution in [-0.2, 0) is 0 Å². The zero-order chi connectivity index (χ0) is 13.0. The minimum Gasteiger partial charge on any atom is -0.366 e. The molecule has 88 valence electrons. The molecule has 0 spiro atoms. The summed E-state index contributed by atoms with van der Waals surface area (Å²) in [5.74, 6) is 1.67. The lowest BCUT2D eigenvalue weighted by molar-refractivity contribution is -0.384. The fourth-order valence-corrected chi connectivity index (χ4v) is 1.23. The first-order chi connectivity index (χ1) is 7.95. The number of amides is 1. The lowest BCUT2D eigenvalue weighted by Crippen LogP contribution is -2.15. The summed E-state index contributed by atoms with van der Waals surface area (Å²) in [6.07, 6.45) is 5.17. The molecule has 0 fully saturated rings. The van der Waals surface area contributed by atoms with E-state index in [-0.39, 0.29) is 23.0 Å². The van der Waals surface area contributed by atoms with Crippen LogP contribution >= 0.6 is 0 Å². The molecule has 0 saturated carbocycles. The van der Waals surface area contributed by atoms with E-state index in [1.165, 1.54) is 12.1 Å². The fourth-order valence-electron chi connectivity index (χ4n) is 1.23. The van der Waals surface area contributed by atoms with Crippen molar-refractivity contribution in [1.29, 1.82) is 0 Å². The highest BCUT2D eigenvalue weighted by atomic mass is 16.6. The van der Waals surface area contributed by atoms with E-state index >= 15 is 0 Å². The first kappa shape index (κ1) is 12.5. The molecular weight excluding hydrogens is 222 g/mol. The van der Waals surface area contributed by atoms with Crippen molar-refractivity contribution in [1.82, 2.24) is 0 Å². The third kappa shape index (κ3) is 2.95. The molecule has 1 aromatic carbocycles. The topological polar surface area (TPSA) is 98.3 Å². The normalized spacial score (nSPS) is 11.3. The smallest absolute Gasteiger partial charge is 0.293 e. The zero-order valence-electron chi connectivity index (χ0n) is 9.14. The van der Waals surface area contributed by atoms with Crippen LogP contribution in [0.25, 0.3) is 0 Å². The van der Waals surface area contributed by atoms with Crippen molar-refractivity contribution >= 4 is 17.3 Å². The number of primary amides is 1. The molecule has 0 heterocycles. The van der Waals surface area contributed by atoms with Crippen molar-refractivity contribution in [2.24, 2.45) is 5.73 Å². The van der Waals surface area contributed by atoms with E-state index in [2.05, 4.69) is 11.2 Å². The number of nitro groups is 1. The molecule has 0 aliphatic rings. The highest BCUT2D eigenvalue weighted by Gasteiger charge is 2.17. The summed E-state index contributed by atoms with van der Waals surface area (Å²) in [4.78, 5) is 21.1. The van der Waals surface area contributed by atoms with Crippen molar-refractivity contribution in [2.75, 3.05) is 5.32 Å². The predicted molar refractivity (Wildman–Crippen MR) is 63.5 cm³/mol. The van der Waals surface area contributed by atoms with Crippen LogP contribution in [0, 0.1) is 22.5 Å². The van der Waals surface area contributed by atoms with E-state index in [0.717, 1.165) is 6.07 Å². The van der Waals surface area contributed by atoms with Crippen molar-refractivity contribution in [3.63, 3.8) is 0 Å². The Balaban J connectivity index is 3.18. The molecule has 0 aliphatic heterocycles. The molecule has 17 heavy (non-hydrogen) atoms. The van der Waals surface area contributed by atoms with Crippen LogP contribution < -0.4 is 11.1 Å². The summed E-state index contributed by atoms with van der Waals surface area (Å²) < 4.78 is 0. The largest absolute Gasteiger partial charge is 0.366 e. The van der Waals surface area contributed by atoms with E-state index in [1.54, 1.807) is 6.92 Å². The highest BCUT2D eigenvalue weighted by Crippen LogP contribution is 2.25. The van der Waals surface area contributed by atoms with E-state index < -0.39 is 10.8 Å². The average molecular weight is 233 g/mol. The number of nitro benzene ring substituents is 1. The third-order valence-corrected chi connectivity index (χ3v) is 2.10. The summed E-state index contributed by atoms with van der Waals surface area (Å²) in [7, 11) is 0. The second-order valence-corrected chi connectivity index (χ2v) is 3.39. The SMILES string of the molecule is C#CC(C)Nc1ccc(C(N)=O)cc1[N+](=O)[O-]. The number of nitrogens with two attached hydrogens (primary N) is 1. The molecule has 3 N–H and O–H groups in total. The Morgan fingerprint density at radius 1 is 1.65 bits per heavy atom. The van der Waals surface area contributed by atoms with Crippen LogP contribution in [0.4, 0.5) is 11.4 Å². The van der Waals surface area contributed by atoms with Gasteiger partial charge in [0, 0.05) is 11.6 Å². The molecular formula is C11H11N3O3. The minimum absolute atomic E-state index is 0.0793. The number of carbonyl (C=O) groups is 1. The summed E-state index contributed by atoms with van der Waals surface area (Å²) in [5.41, 5.74) is 5.15. The van der Waals surface area contributed by atoms with Gasteiger partial charge in [-0.05, 0) is 19.1 Å². The maximum absolute atomic E-state index is 10.9. The first-order valence-electron chi connectivity index (χ1n) is 4.76. The lowest BCUT2D eigenvalue weighted by Gasteiger charge is -2.10. The van der Waals surface area contributed by atoms with Crippen molar-refractivity contribution < 1.29 is 9.72 Å². The Kier molecular flexibility index (Phi) is 3.67. The lowest BCUT2D eigenvalue weighted by atomic mass is 10.1. The van der Waals surface area contributed by atoms with Gasteiger partial charge >= 0.3 is 0 Å². The number of nitrogens with one attached hydrogen (secondary N) is 1. The Labute approximate surface area is 98.0 Å². The van der Waals surface area contributed by atoms with Crippen LogP contribution in [0.2, 0.25) is 0 Å². The summed E-state index contributed by atoms with van der Waals surface area (Å²) in [6.45, 7) is 1.69. The minimum atomic E-state index is -0.718. The van der Waals surface area contributed by atoms with Crippen LogP contribution in [0.1, 0.15) is 17.3 Å². The Morgan fingerprint density at radius 3 is 2.76 bits per heavy atom. The van der Waals surface area contributed by atoms with Gasteiger partial charge in [0.2, 0.25) is 5.91 Å². The monoisotopic (exact) mass is 233 g/mol. The van der Waals surface area contributed by atoms with Gasteiger partial charge in [-0.15, -0.1) is 6.42 Å². The number of benzene rings is 1. The van der Waals surface area contributed by atoms with Gasteiger partial charge in [-0.2, -0.15) is 0 Å². The van der Waals surface area contributed by atoms with Gasteiger partial charge < -0.3 is 11.1 Å². The van der Waals surface area contributed by atoms with Gasteiger partial charge in [0.05, 0.1) is 11.0 Å². The number of carbonyl (C=O) groups excluding carboxylic acids is 1. The number of terminal acetylenes is 1. The summed E-state index contributed by atoms with van der Waals surface area (Å²) in [5, 5.41) is 13.6. The van der Waals surface area contributed by atoms with Crippen LogP contribution in [-0.4, -0.2) is 16.9 Å². The highest BCUT2D eigenvalue weighted by molar-refractivity contribution is 5.94. The maximum atomic E-state index is 10.9. The quantitative estimate of drug-likeness (QED) is 0.462. The molecule has 1 atom stereocenters. The van der Waals surface area contributed by atoms with E-state index in [9.17, 15) is 14.9 Å². The molecule has 1 aromatic rings. The van der Waals surface area contributed by atoms with Gasteiger partial charge in [-0.25, -0.2) is 0 Å². The molecule has 6 nitrogen and oxygen atoms in total. The molecule has 6 heteroatoms. The number of anilines is 1. The Bertz CT molecular complexity index is 505. The molecule has 1 rings (SSSR count). The second-order valence-electron chi connectivity index (χ2n) is 3.39. The van der Waals surface area contributed by atoms with Crippen molar-refractivity contribution in [3.8, 4) is 12.3 Å². The number of hydrogen-bond acceptors (Lipinski definition) is 4. The fraction of sp³-hybridized carbons (Fsp3) is 0.182. The van der Waals surface area contributed by atoms with Crippen LogP contribution in [0.15, 0.2) is 18.2 Å². The van der Waals surface area contributed by atoms with Gasteiger partial charge in [0.1, 0.15) is 5.69 Å². The van der Waals surface area contributed by atoms with E-state index in [4.69, 9.17) is 12.2 Å². The molecule has 1 amide bonds. The molecule has 0 saturated heterocycles. The van der Waals surface area contributed by atoms with Crippen molar-refractivity contribution in [3.05, 3.63) is 33.9 Å². The van der Waals surface area contributed by atoms with Gasteiger partial charge in [-0.3, -0.25) is 14.9 Å². The molecule has 0 aliphatic carbocycles. The first-order valence-corrected chi connectivity index (χ1v) is 4.76. The van der Waals surface area contributed by atoms with E-state index in [1.807, 2.05) is 0 Å². The van der Waals surface area contributed by atoms with Crippen LogP contribution in [0.3, 0.4) is 0 Å². The molecule has 0 bridgehead atoms. The Morgan fingerprint density at radius 2 is 2.29 bits per heavy atom. The van der Waals surface area contributed by atoms with Crippen LogP contribution in [0.5, 0.6) is 0 Å². The standard InChI is InChI=1S/C11H11N3O3/c1-3-7(2)13-9-5-4-8(11(12)15)6-10(9)14(16)17/h1,4-7,13H,2H3,(H2,12,15). The van der Waals surface area contributed by atoms with Crippen molar-refractivity contribution in [2.45, 2.75) is 13.0 Å². The molecule has 1 unspecified atom stereocenters. The summed E-state index contributed by atoms with van der Waals surface area (Å²) in [6, 6.07) is 3.58. The van der Waals surface area contributed by atoms with Gasteiger partial charge in [0.15, 0.2) is 0 Å². The molecule has 0 aromatic heterocycles. The number of rotatable bonds is 4. The summed E-state index contributed by atoms with van der Waals surface area (Å²) >= 11 is 0. The van der Waals surface area contributed by atoms with Gasteiger partial charge in [-0.1, -0.05) is 5.92 Å². The average Bonchev–Trinajstić information content (AvgIpc) is 2.28.